The van der Waals surface area contributed by atoms with Crippen LogP contribution in [0.2, 0.25) is 0 Å². The molecular weight excluding hydrogens is 759 g/mol. The Labute approximate surface area is 369 Å². The molecule has 0 fully saturated rings. The van der Waals surface area contributed by atoms with Gasteiger partial charge in [-0.1, -0.05) is 200 Å². The predicted molar refractivity (Wildman–Crippen MR) is 268 cm³/mol. The van der Waals surface area contributed by atoms with Crippen molar-refractivity contribution < 1.29 is 0 Å². The molecule has 0 aromatic heterocycles. The molecule has 0 saturated carbocycles. The van der Waals surface area contributed by atoms with Crippen LogP contribution in [0.3, 0.4) is 0 Å². The average Bonchev–Trinajstić information content (AvgIpc) is 3.37. The van der Waals surface area contributed by atoms with E-state index in [0.717, 1.165) is 11.4 Å². The van der Waals surface area contributed by atoms with E-state index in [1.54, 1.807) is 0 Å². The van der Waals surface area contributed by atoms with Crippen LogP contribution in [0.4, 0.5) is 34.1 Å². The summed E-state index contributed by atoms with van der Waals surface area (Å²) in [6.07, 6.45) is 0. The molecule has 2 nitrogen and oxygen atoms in total. The van der Waals surface area contributed by atoms with Gasteiger partial charge in [0, 0.05) is 34.1 Å². The summed E-state index contributed by atoms with van der Waals surface area (Å²) < 4.78 is 0. The lowest BCUT2D eigenvalue weighted by molar-refractivity contribution is 1.25. The topological polar surface area (TPSA) is 6.48 Å². The first-order valence-electron chi connectivity index (χ1n) is 21.8. The fourth-order valence-corrected chi connectivity index (χ4v) is 9.96. The molecule has 0 radical (unpaired) electrons. The molecular formula is C60H41BN2. The highest BCUT2D eigenvalue weighted by Gasteiger charge is 2.45. The third-order valence-corrected chi connectivity index (χ3v) is 12.8. The van der Waals surface area contributed by atoms with Crippen molar-refractivity contribution in [3.63, 3.8) is 0 Å². The van der Waals surface area contributed by atoms with E-state index >= 15 is 0 Å². The summed E-state index contributed by atoms with van der Waals surface area (Å²) >= 11 is 0. The van der Waals surface area contributed by atoms with Crippen LogP contribution in [0.1, 0.15) is 0 Å². The van der Waals surface area contributed by atoms with Gasteiger partial charge in [0.05, 0.1) is 0 Å². The normalized spacial score (nSPS) is 12.3. The fourth-order valence-electron chi connectivity index (χ4n) is 9.96. The molecule has 12 rings (SSSR count). The van der Waals surface area contributed by atoms with E-state index in [0.29, 0.717) is 0 Å². The van der Waals surface area contributed by atoms with E-state index in [4.69, 9.17) is 0 Å². The van der Waals surface area contributed by atoms with Crippen LogP contribution in [-0.4, -0.2) is 6.71 Å². The third kappa shape index (κ3) is 6.37. The van der Waals surface area contributed by atoms with E-state index in [1.807, 2.05) is 0 Å². The van der Waals surface area contributed by atoms with Gasteiger partial charge < -0.3 is 9.80 Å². The van der Waals surface area contributed by atoms with Gasteiger partial charge >= 0.3 is 0 Å². The van der Waals surface area contributed by atoms with Gasteiger partial charge in [0.25, 0.3) is 6.71 Å². The molecule has 10 aromatic carbocycles. The zero-order valence-corrected chi connectivity index (χ0v) is 34.6. The second-order valence-corrected chi connectivity index (χ2v) is 16.5. The lowest BCUT2D eigenvalue weighted by Gasteiger charge is -2.45. The fraction of sp³-hybridized carbons (Fsp3) is 0. The Kier molecular flexibility index (Phi) is 8.97. The van der Waals surface area contributed by atoms with Crippen molar-refractivity contribution in [3.8, 4) is 55.6 Å². The second-order valence-electron chi connectivity index (χ2n) is 16.5. The monoisotopic (exact) mass is 800 g/mol. The van der Waals surface area contributed by atoms with Crippen LogP contribution < -0.4 is 26.2 Å². The van der Waals surface area contributed by atoms with Crippen molar-refractivity contribution in [2.24, 2.45) is 0 Å². The van der Waals surface area contributed by atoms with E-state index in [-0.39, 0.29) is 6.71 Å². The number of hydrogen-bond donors (Lipinski definition) is 0. The summed E-state index contributed by atoms with van der Waals surface area (Å²) in [7, 11) is 0. The summed E-state index contributed by atoms with van der Waals surface area (Å²) in [6.45, 7) is -0.0561. The maximum Gasteiger partial charge on any atom is 0.252 e. The van der Waals surface area contributed by atoms with Gasteiger partial charge in [-0.05, 0) is 121 Å². The minimum absolute atomic E-state index is 0.0561. The van der Waals surface area contributed by atoms with Gasteiger partial charge in [-0.15, -0.1) is 0 Å². The Bertz CT molecular complexity index is 3260. The maximum atomic E-state index is 2.54. The summed E-state index contributed by atoms with van der Waals surface area (Å²) in [5.41, 5.74) is 22.8. The first kappa shape index (κ1) is 36.7. The molecule has 63 heavy (non-hydrogen) atoms. The van der Waals surface area contributed by atoms with Crippen LogP contribution >= 0.6 is 0 Å². The summed E-state index contributed by atoms with van der Waals surface area (Å²) in [5.74, 6) is 0. The Hall–Kier alpha value is -8.14. The van der Waals surface area contributed by atoms with Crippen molar-refractivity contribution in [2.75, 3.05) is 9.80 Å². The van der Waals surface area contributed by atoms with Gasteiger partial charge in [-0.2, -0.15) is 0 Å². The smallest absolute Gasteiger partial charge is 0.252 e. The summed E-state index contributed by atoms with van der Waals surface area (Å²) in [4.78, 5) is 5.07. The Morgan fingerprint density at radius 1 is 0.238 bits per heavy atom. The Morgan fingerprint density at radius 2 is 0.667 bits per heavy atom. The summed E-state index contributed by atoms with van der Waals surface area (Å²) in [6, 6.07) is 91.2. The quantitative estimate of drug-likeness (QED) is 0.148. The van der Waals surface area contributed by atoms with Crippen LogP contribution in [0.15, 0.2) is 249 Å². The van der Waals surface area contributed by atoms with Gasteiger partial charge in [-0.3, -0.25) is 0 Å². The van der Waals surface area contributed by atoms with Crippen molar-refractivity contribution in [3.05, 3.63) is 249 Å². The van der Waals surface area contributed by atoms with Gasteiger partial charge in [-0.25, -0.2) is 0 Å². The van der Waals surface area contributed by atoms with Crippen molar-refractivity contribution in [2.45, 2.75) is 0 Å². The Balaban J connectivity index is 1.18. The lowest BCUT2D eigenvalue weighted by Crippen LogP contribution is -2.61. The molecule has 0 atom stereocenters. The molecule has 3 heteroatoms. The van der Waals surface area contributed by atoms with Crippen LogP contribution in [0, 0.1) is 0 Å². The SMILES string of the molecule is c1ccc(-c2ccc(N3c4cccc(-c5ccccc5)c4B4c5ccc(-c6ccccc6)cc5N(c5cccc(-c6ccccc6)c5)c5cc(-c6ccccc6)cc3c54)cc2)cc1. The van der Waals surface area contributed by atoms with Crippen molar-refractivity contribution in [1.82, 2.24) is 0 Å². The summed E-state index contributed by atoms with van der Waals surface area (Å²) in [5, 5.41) is 0. The first-order valence-corrected chi connectivity index (χ1v) is 21.8. The number of rotatable bonds is 7. The highest BCUT2D eigenvalue weighted by molar-refractivity contribution is 7.01. The van der Waals surface area contributed by atoms with Crippen LogP contribution in [0.25, 0.3) is 55.6 Å². The largest absolute Gasteiger partial charge is 0.311 e. The minimum atomic E-state index is -0.0561. The average molecular weight is 801 g/mol. The number of anilines is 6. The van der Waals surface area contributed by atoms with Crippen LogP contribution in [0.5, 0.6) is 0 Å². The number of hydrogen-bond acceptors (Lipinski definition) is 2. The molecule has 0 unspecified atom stereocenters. The van der Waals surface area contributed by atoms with Crippen molar-refractivity contribution >= 4 is 57.2 Å². The third-order valence-electron chi connectivity index (χ3n) is 12.8. The molecule has 2 aliphatic rings. The number of benzene rings is 10. The Morgan fingerprint density at radius 3 is 1.25 bits per heavy atom. The van der Waals surface area contributed by atoms with Crippen molar-refractivity contribution in [1.29, 1.82) is 0 Å². The van der Waals surface area contributed by atoms with Crippen LogP contribution in [-0.2, 0) is 0 Å². The van der Waals surface area contributed by atoms with E-state index in [9.17, 15) is 0 Å². The van der Waals surface area contributed by atoms with Gasteiger partial charge in [0.1, 0.15) is 0 Å². The van der Waals surface area contributed by atoms with Gasteiger partial charge in [0.2, 0.25) is 0 Å². The lowest BCUT2D eigenvalue weighted by atomic mass is 9.32. The van der Waals surface area contributed by atoms with E-state index < -0.39 is 0 Å². The minimum Gasteiger partial charge on any atom is -0.311 e. The maximum absolute atomic E-state index is 2.54. The standard InChI is InChI=1S/C60H41BN2/c1-6-18-42(19-7-1)46-32-35-51(36-33-46)62-55-31-17-30-53(47-26-14-5-15-27-47)59(55)61-54-37-34-49(44-22-10-3-11-23-44)39-56(54)63(52-29-16-28-48(38-52)43-20-8-2-9-21-43)58-41-50(40-57(62)60(58)61)45-24-12-4-13-25-45/h1-41H. The van der Waals surface area contributed by atoms with E-state index in [2.05, 4.69) is 259 Å². The highest BCUT2D eigenvalue weighted by atomic mass is 15.2. The van der Waals surface area contributed by atoms with E-state index in [1.165, 1.54) is 94.8 Å². The molecule has 0 spiro atoms. The molecule has 0 amide bonds. The first-order chi connectivity index (χ1) is 31.3. The number of nitrogens with zero attached hydrogens (tertiary/aromatic N) is 2. The highest BCUT2D eigenvalue weighted by Crippen LogP contribution is 2.48. The second kappa shape index (κ2) is 15.4. The zero-order chi connectivity index (χ0) is 41.7. The predicted octanol–water partition coefficient (Wildman–Crippen LogP) is 14.1. The number of fused-ring (bicyclic) bond motifs is 4. The molecule has 0 N–H and O–H groups in total. The zero-order valence-electron chi connectivity index (χ0n) is 34.6. The van der Waals surface area contributed by atoms with Gasteiger partial charge in [0.15, 0.2) is 0 Å². The molecule has 294 valence electrons. The molecule has 2 aliphatic heterocycles. The molecule has 0 bridgehead atoms. The molecule has 0 aliphatic carbocycles. The molecule has 0 saturated heterocycles. The molecule has 10 aromatic rings. The molecule has 2 heterocycles.